The number of anilines is 1. The SMILES string of the molecule is CCCN(C)C(=O)CC1CCCN(c2cnn(CC3CC3)c(=O)c2)C1. The molecule has 0 bridgehead atoms. The Morgan fingerprint density at radius 1 is 1.32 bits per heavy atom. The van der Waals surface area contributed by atoms with E-state index in [0.717, 1.165) is 51.1 Å². The van der Waals surface area contributed by atoms with Crippen molar-refractivity contribution in [1.82, 2.24) is 14.7 Å². The first kappa shape index (κ1) is 18.0. The maximum absolute atomic E-state index is 12.3. The number of carbonyl (C=O) groups excluding carboxylic acids is 1. The van der Waals surface area contributed by atoms with Crippen molar-refractivity contribution in [2.45, 2.75) is 52.0 Å². The maximum atomic E-state index is 12.3. The van der Waals surface area contributed by atoms with Crippen LogP contribution in [-0.4, -0.2) is 47.3 Å². The van der Waals surface area contributed by atoms with E-state index in [1.165, 1.54) is 12.8 Å². The Bertz CT molecular complexity index is 653. The highest BCUT2D eigenvalue weighted by molar-refractivity contribution is 5.76. The van der Waals surface area contributed by atoms with Crippen LogP contribution in [0.4, 0.5) is 5.69 Å². The first-order chi connectivity index (χ1) is 12.1. The zero-order chi connectivity index (χ0) is 17.8. The molecule has 1 unspecified atom stereocenters. The molecule has 1 amide bonds. The number of nitrogens with zero attached hydrogens (tertiary/aromatic N) is 4. The molecule has 1 saturated heterocycles. The van der Waals surface area contributed by atoms with E-state index in [4.69, 9.17) is 0 Å². The molecule has 138 valence electrons. The second-order valence-electron chi connectivity index (χ2n) is 7.65. The lowest BCUT2D eigenvalue weighted by Crippen LogP contribution is -2.39. The van der Waals surface area contributed by atoms with Crippen LogP contribution < -0.4 is 10.5 Å². The third-order valence-corrected chi connectivity index (χ3v) is 5.32. The standard InChI is InChI=1S/C19H30N4O2/c1-3-8-21(2)18(24)10-16-5-4-9-22(13-16)17-11-19(25)23(20-12-17)14-15-6-7-15/h11-12,15-16H,3-10,13-14H2,1-2H3. The number of piperidine rings is 1. The predicted molar refractivity (Wildman–Crippen MR) is 98.7 cm³/mol. The average molecular weight is 346 g/mol. The van der Waals surface area contributed by atoms with Crippen molar-refractivity contribution in [2.75, 3.05) is 31.6 Å². The minimum Gasteiger partial charge on any atom is -0.370 e. The van der Waals surface area contributed by atoms with Crippen molar-refractivity contribution in [3.8, 4) is 0 Å². The number of carbonyl (C=O) groups is 1. The van der Waals surface area contributed by atoms with Crippen LogP contribution in [0.2, 0.25) is 0 Å². The highest BCUT2D eigenvalue weighted by Gasteiger charge is 2.25. The molecule has 1 atom stereocenters. The van der Waals surface area contributed by atoms with Gasteiger partial charge in [-0.05, 0) is 43.9 Å². The first-order valence-electron chi connectivity index (χ1n) is 9.63. The summed E-state index contributed by atoms with van der Waals surface area (Å²) in [4.78, 5) is 28.6. The highest BCUT2D eigenvalue weighted by atomic mass is 16.2. The molecule has 25 heavy (non-hydrogen) atoms. The van der Waals surface area contributed by atoms with E-state index in [1.54, 1.807) is 10.7 Å². The van der Waals surface area contributed by atoms with Gasteiger partial charge in [0.1, 0.15) is 0 Å². The molecule has 0 spiro atoms. The largest absolute Gasteiger partial charge is 0.370 e. The van der Waals surface area contributed by atoms with Gasteiger partial charge in [0.05, 0.1) is 11.9 Å². The third-order valence-electron chi connectivity index (χ3n) is 5.32. The molecule has 1 aliphatic heterocycles. The third kappa shape index (κ3) is 4.83. The molecule has 0 N–H and O–H groups in total. The van der Waals surface area contributed by atoms with Crippen LogP contribution in [0.1, 0.15) is 45.4 Å². The van der Waals surface area contributed by atoms with E-state index in [9.17, 15) is 9.59 Å². The minimum absolute atomic E-state index is 0.00900. The molecular weight excluding hydrogens is 316 g/mol. The second-order valence-corrected chi connectivity index (χ2v) is 7.65. The molecule has 0 radical (unpaired) electrons. The Labute approximate surface area is 149 Å². The summed E-state index contributed by atoms with van der Waals surface area (Å²) in [5.74, 6) is 1.22. The molecule has 2 fully saturated rings. The van der Waals surface area contributed by atoms with Crippen LogP contribution in [-0.2, 0) is 11.3 Å². The van der Waals surface area contributed by atoms with Crippen molar-refractivity contribution in [3.05, 3.63) is 22.6 Å². The van der Waals surface area contributed by atoms with Gasteiger partial charge in [-0.2, -0.15) is 5.10 Å². The Morgan fingerprint density at radius 2 is 2.12 bits per heavy atom. The lowest BCUT2D eigenvalue weighted by atomic mass is 9.94. The molecule has 1 aromatic heterocycles. The molecular formula is C19H30N4O2. The fourth-order valence-corrected chi connectivity index (χ4v) is 3.61. The Balaban J connectivity index is 1.60. The zero-order valence-electron chi connectivity index (χ0n) is 15.5. The minimum atomic E-state index is -0.00900. The molecule has 1 aromatic rings. The number of rotatable bonds is 7. The summed E-state index contributed by atoms with van der Waals surface area (Å²) in [6.07, 6.45) is 7.96. The summed E-state index contributed by atoms with van der Waals surface area (Å²) in [5, 5.41) is 4.36. The summed E-state index contributed by atoms with van der Waals surface area (Å²) >= 11 is 0. The van der Waals surface area contributed by atoms with Crippen molar-refractivity contribution >= 4 is 11.6 Å². The van der Waals surface area contributed by atoms with Gasteiger partial charge < -0.3 is 9.80 Å². The van der Waals surface area contributed by atoms with E-state index in [-0.39, 0.29) is 11.5 Å². The Morgan fingerprint density at radius 3 is 2.80 bits per heavy atom. The van der Waals surface area contributed by atoms with Crippen molar-refractivity contribution < 1.29 is 4.79 Å². The molecule has 0 aromatic carbocycles. The lowest BCUT2D eigenvalue weighted by molar-refractivity contribution is -0.131. The fraction of sp³-hybridized carbons (Fsp3) is 0.737. The van der Waals surface area contributed by atoms with Gasteiger partial charge in [-0.25, -0.2) is 4.68 Å². The Hall–Kier alpha value is -1.85. The molecule has 2 aliphatic rings. The zero-order valence-corrected chi connectivity index (χ0v) is 15.5. The highest BCUT2D eigenvalue weighted by Crippen LogP contribution is 2.30. The molecule has 6 nitrogen and oxygen atoms in total. The van der Waals surface area contributed by atoms with Crippen LogP contribution in [0.3, 0.4) is 0 Å². The van der Waals surface area contributed by atoms with E-state index >= 15 is 0 Å². The summed E-state index contributed by atoms with van der Waals surface area (Å²) in [6, 6.07) is 1.71. The van der Waals surface area contributed by atoms with E-state index in [0.29, 0.717) is 18.3 Å². The summed E-state index contributed by atoms with van der Waals surface area (Å²) in [7, 11) is 1.88. The van der Waals surface area contributed by atoms with E-state index in [1.807, 2.05) is 18.1 Å². The normalized spacial score (nSPS) is 20.6. The maximum Gasteiger partial charge on any atom is 0.268 e. The van der Waals surface area contributed by atoms with Gasteiger partial charge in [-0.15, -0.1) is 0 Å². The van der Waals surface area contributed by atoms with Crippen LogP contribution in [0.5, 0.6) is 0 Å². The number of amides is 1. The second kappa shape index (κ2) is 8.02. The first-order valence-corrected chi connectivity index (χ1v) is 9.63. The van der Waals surface area contributed by atoms with E-state index in [2.05, 4.69) is 16.9 Å². The summed E-state index contributed by atoms with van der Waals surface area (Å²) in [6.45, 7) is 5.42. The quantitative estimate of drug-likeness (QED) is 0.759. The van der Waals surface area contributed by atoms with Gasteiger partial charge in [-0.3, -0.25) is 9.59 Å². The van der Waals surface area contributed by atoms with Crippen LogP contribution in [0.15, 0.2) is 17.1 Å². The summed E-state index contributed by atoms with van der Waals surface area (Å²) in [5.41, 5.74) is 0.890. The van der Waals surface area contributed by atoms with Crippen LogP contribution >= 0.6 is 0 Å². The fourth-order valence-electron chi connectivity index (χ4n) is 3.61. The van der Waals surface area contributed by atoms with Crippen molar-refractivity contribution in [2.24, 2.45) is 11.8 Å². The summed E-state index contributed by atoms with van der Waals surface area (Å²) < 4.78 is 1.59. The molecule has 6 heteroatoms. The lowest BCUT2D eigenvalue weighted by Gasteiger charge is -2.34. The van der Waals surface area contributed by atoms with Gasteiger partial charge in [0, 0.05) is 45.7 Å². The Kier molecular flexibility index (Phi) is 5.76. The van der Waals surface area contributed by atoms with Crippen molar-refractivity contribution in [1.29, 1.82) is 0 Å². The van der Waals surface area contributed by atoms with Crippen LogP contribution in [0, 0.1) is 11.8 Å². The predicted octanol–water partition coefficient (Wildman–Crippen LogP) is 2.13. The smallest absolute Gasteiger partial charge is 0.268 e. The van der Waals surface area contributed by atoms with Gasteiger partial charge in [0.25, 0.3) is 5.56 Å². The molecule has 2 heterocycles. The number of hydrogen-bond donors (Lipinski definition) is 0. The van der Waals surface area contributed by atoms with Gasteiger partial charge >= 0.3 is 0 Å². The number of hydrogen-bond acceptors (Lipinski definition) is 4. The monoisotopic (exact) mass is 346 g/mol. The van der Waals surface area contributed by atoms with Crippen molar-refractivity contribution in [3.63, 3.8) is 0 Å². The van der Waals surface area contributed by atoms with E-state index < -0.39 is 0 Å². The molecule has 3 rings (SSSR count). The van der Waals surface area contributed by atoms with Gasteiger partial charge in [0.15, 0.2) is 0 Å². The topological polar surface area (TPSA) is 58.4 Å². The van der Waals surface area contributed by atoms with Gasteiger partial charge in [0.2, 0.25) is 5.91 Å². The number of aromatic nitrogens is 2. The average Bonchev–Trinajstić information content (AvgIpc) is 3.41. The van der Waals surface area contributed by atoms with Crippen LogP contribution in [0.25, 0.3) is 0 Å². The molecule has 1 saturated carbocycles. The molecule has 1 aliphatic carbocycles. The van der Waals surface area contributed by atoms with Gasteiger partial charge in [-0.1, -0.05) is 6.92 Å².